The highest BCUT2D eigenvalue weighted by atomic mass is 16.5. The average molecular weight is 216 g/mol. The number of hydrogen-bond acceptors (Lipinski definition) is 3. The van der Waals surface area contributed by atoms with E-state index in [-0.39, 0.29) is 12.1 Å². The van der Waals surface area contributed by atoms with E-state index in [1.54, 1.807) is 12.0 Å². The van der Waals surface area contributed by atoms with E-state index >= 15 is 0 Å². The van der Waals surface area contributed by atoms with Crippen LogP contribution in [0.1, 0.15) is 13.3 Å². The van der Waals surface area contributed by atoms with Gasteiger partial charge in [-0.05, 0) is 13.3 Å². The summed E-state index contributed by atoms with van der Waals surface area (Å²) in [5, 5.41) is 11.0. The summed E-state index contributed by atoms with van der Waals surface area (Å²) < 4.78 is 5.11. The molecule has 1 heterocycles. The highest BCUT2D eigenvalue weighted by Gasteiger charge is 2.27. The lowest BCUT2D eigenvalue weighted by Crippen LogP contribution is -2.46. The molecule has 0 spiro atoms. The van der Waals surface area contributed by atoms with Crippen molar-refractivity contribution >= 4 is 12.0 Å². The summed E-state index contributed by atoms with van der Waals surface area (Å²) >= 11 is 0. The molecule has 1 fully saturated rings. The molecule has 6 heteroatoms. The smallest absolute Gasteiger partial charge is 0.325 e. The molecule has 0 bridgehead atoms. The number of likely N-dealkylation sites (tertiary alicyclic amines) is 1. The lowest BCUT2D eigenvalue weighted by Gasteiger charge is -2.18. The van der Waals surface area contributed by atoms with Crippen molar-refractivity contribution < 1.29 is 19.4 Å². The van der Waals surface area contributed by atoms with Gasteiger partial charge in [-0.1, -0.05) is 0 Å². The molecule has 15 heavy (non-hydrogen) atoms. The van der Waals surface area contributed by atoms with Crippen molar-refractivity contribution in [1.82, 2.24) is 10.2 Å². The van der Waals surface area contributed by atoms with Gasteiger partial charge in [-0.25, -0.2) is 4.79 Å². The number of carbonyl (C=O) groups excluding carboxylic acids is 1. The van der Waals surface area contributed by atoms with Gasteiger partial charge in [0, 0.05) is 20.2 Å². The van der Waals surface area contributed by atoms with E-state index in [4.69, 9.17) is 9.84 Å². The van der Waals surface area contributed by atoms with Crippen molar-refractivity contribution in [2.24, 2.45) is 0 Å². The van der Waals surface area contributed by atoms with Crippen LogP contribution in [0.3, 0.4) is 0 Å². The normalized spacial score (nSPS) is 22.5. The minimum absolute atomic E-state index is 0.0656. The predicted molar refractivity (Wildman–Crippen MR) is 52.6 cm³/mol. The van der Waals surface area contributed by atoms with Gasteiger partial charge in [0.2, 0.25) is 0 Å². The van der Waals surface area contributed by atoms with E-state index in [1.165, 1.54) is 6.92 Å². The number of ether oxygens (including phenoxy) is 1. The van der Waals surface area contributed by atoms with Crippen molar-refractivity contribution in [2.45, 2.75) is 25.5 Å². The standard InChI is InChI=1S/C9H16N2O4/c1-6(8(12)13)10-9(14)11-4-3-7(5-11)15-2/h6-7H,3-5H2,1-2H3,(H,10,14)(H,12,13)/t6-,7?/m1/s1. The second-order valence-electron chi connectivity index (χ2n) is 3.60. The summed E-state index contributed by atoms with van der Waals surface area (Å²) in [4.78, 5) is 23.6. The number of carbonyl (C=O) groups is 2. The Morgan fingerprint density at radius 2 is 2.27 bits per heavy atom. The van der Waals surface area contributed by atoms with E-state index < -0.39 is 12.0 Å². The SMILES string of the molecule is COC1CCN(C(=O)N[C@H](C)C(=O)O)C1. The molecular formula is C9H16N2O4. The van der Waals surface area contributed by atoms with Gasteiger partial charge in [-0.3, -0.25) is 4.79 Å². The van der Waals surface area contributed by atoms with Crippen LogP contribution in [0.5, 0.6) is 0 Å². The van der Waals surface area contributed by atoms with Crippen LogP contribution in [0, 0.1) is 0 Å². The van der Waals surface area contributed by atoms with Gasteiger partial charge in [0.15, 0.2) is 0 Å². The molecule has 2 N–H and O–H groups in total. The number of methoxy groups -OCH3 is 1. The van der Waals surface area contributed by atoms with E-state index in [2.05, 4.69) is 5.32 Å². The molecule has 2 atom stereocenters. The zero-order valence-electron chi connectivity index (χ0n) is 8.90. The molecular weight excluding hydrogens is 200 g/mol. The first-order chi connectivity index (χ1) is 7.04. The van der Waals surface area contributed by atoms with Crippen LogP contribution in [0.2, 0.25) is 0 Å². The van der Waals surface area contributed by atoms with Crippen LogP contribution in [0.25, 0.3) is 0 Å². The number of rotatable bonds is 3. The van der Waals surface area contributed by atoms with Crippen molar-refractivity contribution in [3.8, 4) is 0 Å². The molecule has 0 saturated carbocycles. The van der Waals surface area contributed by atoms with Crippen molar-refractivity contribution in [1.29, 1.82) is 0 Å². The van der Waals surface area contributed by atoms with Crippen LogP contribution in [0.15, 0.2) is 0 Å². The summed E-state index contributed by atoms with van der Waals surface area (Å²) in [5.41, 5.74) is 0. The molecule has 1 aliphatic rings. The Morgan fingerprint density at radius 1 is 1.60 bits per heavy atom. The van der Waals surface area contributed by atoms with Gasteiger partial charge in [0.1, 0.15) is 6.04 Å². The lowest BCUT2D eigenvalue weighted by molar-refractivity contribution is -0.138. The summed E-state index contributed by atoms with van der Waals surface area (Å²) in [7, 11) is 1.60. The molecule has 86 valence electrons. The number of aliphatic carboxylic acids is 1. The Kier molecular flexibility index (Phi) is 3.90. The van der Waals surface area contributed by atoms with Crippen LogP contribution in [-0.4, -0.2) is 54.4 Å². The zero-order chi connectivity index (χ0) is 11.4. The van der Waals surface area contributed by atoms with E-state index in [9.17, 15) is 9.59 Å². The molecule has 0 aromatic rings. The highest BCUT2D eigenvalue weighted by molar-refractivity contribution is 5.82. The van der Waals surface area contributed by atoms with Gasteiger partial charge in [-0.2, -0.15) is 0 Å². The summed E-state index contributed by atoms with van der Waals surface area (Å²) in [6.45, 7) is 2.56. The molecule has 1 unspecified atom stereocenters. The second-order valence-corrected chi connectivity index (χ2v) is 3.60. The van der Waals surface area contributed by atoms with E-state index in [1.807, 2.05) is 0 Å². The zero-order valence-corrected chi connectivity index (χ0v) is 8.90. The number of nitrogens with zero attached hydrogens (tertiary/aromatic N) is 1. The Morgan fingerprint density at radius 3 is 2.73 bits per heavy atom. The molecule has 0 aliphatic carbocycles. The fourth-order valence-corrected chi connectivity index (χ4v) is 1.44. The van der Waals surface area contributed by atoms with Gasteiger partial charge in [0.05, 0.1) is 6.10 Å². The highest BCUT2D eigenvalue weighted by Crippen LogP contribution is 2.11. The van der Waals surface area contributed by atoms with E-state index in [0.717, 1.165) is 6.42 Å². The average Bonchev–Trinajstić information content (AvgIpc) is 2.65. The fraction of sp³-hybridized carbons (Fsp3) is 0.778. The van der Waals surface area contributed by atoms with Crippen molar-refractivity contribution in [2.75, 3.05) is 20.2 Å². The quantitative estimate of drug-likeness (QED) is 0.690. The van der Waals surface area contributed by atoms with Crippen molar-refractivity contribution in [3.63, 3.8) is 0 Å². The number of urea groups is 1. The predicted octanol–water partition coefficient (Wildman–Crippen LogP) is -0.110. The first-order valence-electron chi connectivity index (χ1n) is 4.85. The van der Waals surface area contributed by atoms with Gasteiger partial charge < -0.3 is 20.1 Å². The molecule has 0 aromatic carbocycles. The van der Waals surface area contributed by atoms with Gasteiger partial charge >= 0.3 is 12.0 Å². The first-order valence-corrected chi connectivity index (χ1v) is 4.85. The maximum Gasteiger partial charge on any atom is 0.325 e. The number of amides is 2. The minimum Gasteiger partial charge on any atom is -0.480 e. The Balaban J connectivity index is 2.38. The summed E-state index contributed by atoms with van der Waals surface area (Å²) in [5.74, 6) is -1.04. The summed E-state index contributed by atoms with van der Waals surface area (Å²) in [6, 6.07) is -1.21. The molecule has 0 aromatic heterocycles. The van der Waals surface area contributed by atoms with Gasteiger partial charge in [0.25, 0.3) is 0 Å². The van der Waals surface area contributed by atoms with E-state index in [0.29, 0.717) is 13.1 Å². The minimum atomic E-state index is -1.04. The fourth-order valence-electron chi connectivity index (χ4n) is 1.44. The third kappa shape index (κ3) is 3.09. The third-order valence-electron chi connectivity index (χ3n) is 2.48. The maximum atomic E-state index is 11.5. The molecule has 6 nitrogen and oxygen atoms in total. The van der Waals surface area contributed by atoms with Crippen LogP contribution in [0.4, 0.5) is 4.79 Å². The van der Waals surface area contributed by atoms with Crippen LogP contribution < -0.4 is 5.32 Å². The maximum absolute atomic E-state index is 11.5. The lowest BCUT2D eigenvalue weighted by atomic mass is 10.3. The molecule has 2 amide bonds. The summed E-state index contributed by atoms with van der Waals surface area (Å²) in [6.07, 6.45) is 0.863. The number of nitrogens with one attached hydrogen (secondary N) is 1. The molecule has 1 rings (SSSR count). The Bertz CT molecular complexity index is 256. The monoisotopic (exact) mass is 216 g/mol. The number of hydrogen-bond donors (Lipinski definition) is 2. The Hall–Kier alpha value is -1.30. The topological polar surface area (TPSA) is 78.9 Å². The molecule has 0 radical (unpaired) electrons. The second kappa shape index (κ2) is 4.97. The molecule has 1 saturated heterocycles. The third-order valence-corrected chi connectivity index (χ3v) is 2.48. The number of carboxylic acid groups (broad SMARTS) is 1. The first kappa shape index (κ1) is 11.8. The largest absolute Gasteiger partial charge is 0.480 e. The number of carboxylic acids is 1. The van der Waals surface area contributed by atoms with Gasteiger partial charge in [-0.15, -0.1) is 0 Å². The van der Waals surface area contributed by atoms with Crippen LogP contribution >= 0.6 is 0 Å². The van der Waals surface area contributed by atoms with Crippen molar-refractivity contribution in [3.05, 3.63) is 0 Å². The Labute approximate surface area is 88.2 Å². The molecule has 1 aliphatic heterocycles. The van der Waals surface area contributed by atoms with Crippen LogP contribution in [-0.2, 0) is 9.53 Å².